The number of aromatic nitrogens is 1. The third kappa shape index (κ3) is 19.0. The Morgan fingerprint density at radius 3 is 1.24 bits per heavy atom. The van der Waals surface area contributed by atoms with Gasteiger partial charge in [0.15, 0.2) is 0 Å². The average molecular weight is 966 g/mol. The maximum absolute atomic E-state index is 13.9. The third-order valence-corrected chi connectivity index (χ3v) is 10.1. The van der Waals surface area contributed by atoms with Crippen LogP contribution in [-0.2, 0) is 66.2 Å². The van der Waals surface area contributed by atoms with E-state index in [9.17, 15) is 24.0 Å². The van der Waals surface area contributed by atoms with Crippen LogP contribution in [0.15, 0.2) is 54.6 Å². The lowest BCUT2D eigenvalue weighted by atomic mass is 9.66. The molecule has 13 nitrogen and oxygen atoms in total. The molecule has 1 aliphatic rings. The lowest BCUT2D eigenvalue weighted by molar-refractivity contribution is -0.162. The normalized spacial score (nSPS) is 15.1. The summed E-state index contributed by atoms with van der Waals surface area (Å²) in [5, 5.41) is 0. The van der Waals surface area contributed by atoms with E-state index >= 15 is 0 Å². The molecule has 0 radical (unpaired) electrons. The van der Waals surface area contributed by atoms with Crippen molar-refractivity contribution in [1.29, 1.82) is 0 Å². The quantitative estimate of drug-likeness (QED) is 0.0808. The van der Waals surface area contributed by atoms with E-state index in [1.54, 1.807) is 105 Å². The predicted octanol–water partition coefficient (Wildman–Crippen LogP) is 9.89. The number of benzene rings is 2. The molecule has 3 aromatic rings. The van der Waals surface area contributed by atoms with E-state index in [-0.39, 0.29) is 57.1 Å². The first-order chi connectivity index (χ1) is 31.9. The van der Waals surface area contributed by atoms with Gasteiger partial charge < -0.3 is 23.7 Å². The number of fused-ring (bicyclic) bond motifs is 3. The average Bonchev–Trinajstić information content (AvgIpc) is 3.36. The fraction of sp³-hybridized carbons (Fsp3) is 0.579. The molecule has 1 atom stereocenters. The minimum Gasteiger partial charge on any atom is -0.460 e. The smallest absolute Gasteiger partial charge is 0.320 e. The van der Waals surface area contributed by atoms with Gasteiger partial charge in [-0.3, -0.25) is 38.8 Å². The molecule has 0 saturated carbocycles. The van der Waals surface area contributed by atoms with Crippen molar-refractivity contribution in [3.8, 4) is 23.0 Å². The highest BCUT2D eigenvalue weighted by Gasteiger charge is 2.47. The highest BCUT2D eigenvalue weighted by atomic mass is 16.6. The lowest BCUT2D eigenvalue weighted by Crippen LogP contribution is -2.40. The van der Waals surface area contributed by atoms with Gasteiger partial charge in [-0.1, -0.05) is 62.9 Å². The largest absolute Gasteiger partial charge is 0.460 e. The molecule has 0 bridgehead atoms. The Labute approximate surface area is 417 Å². The van der Waals surface area contributed by atoms with Crippen LogP contribution in [0.5, 0.6) is 0 Å². The molecule has 70 heavy (non-hydrogen) atoms. The summed E-state index contributed by atoms with van der Waals surface area (Å²) in [6.07, 6.45) is 0.815. The van der Waals surface area contributed by atoms with Crippen molar-refractivity contribution in [3.63, 3.8) is 0 Å². The van der Waals surface area contributed by atoms with E-state index in [1.165, 1.54) is 0 Å². The van der Waals surface area contributed by atoms with Gasteiger partial charge in [0.05, 0.1) is 44.0 Å². The van der Waals surface area contributed by atoms with Gasteiger partial charge in [-0.15, -0.1) is 0 Å². The summed E-state index contributed by atoms with van der Waals surface area (Å²) in [7, 11) is 0. The van der Waals surface area contributed by atoms with Crippen molar-refractivity contribution >= 4 is 29.8 Å². The number of hydrogen-bond acceptors (Lipinski definition) is 13. The molecule has 0 spiro atoms. The highest BCUT2D eigenvalue weighted by Crippen LogP contribution is 2.55. The van der Waals surface area contributed by atoms with E-state index < -0.39 is 57.3 Å². The SMILES string of the molecule is CC(C)(C)CC1(CC(=O)OC(C)(C)C)c2ccccc2-c2ccc(C#Cc3cc(CN(CC(=O)OC(C)(C)C)CC(=O)OC(C)(C)C)nc(CN(CC(=O)OC(C)(C)C)CC(=O)OC(C)(C)C)c3)cc21. The maximum Gasteiger partial charge on any atom is 0.320 e. The monoisotopic (exact) mass is 966 g/mol. The Morgan fingerprint density at radius 2 is 0.843 bits per heavy atom. The summed E-state index contributed by atoms with van der Waals surface area (Å²) in [6, 6.07) is 17.9. The zero-order valence-corrected chi connectivity index (χ0v) is 45.3. The fourth-order valence-electron chi connectivity index (χ4n) is 8.55. The molecule has 0 aliphatic heterocycles. The molecule has 13 heteroatoms. The van der Waals surface area contributed by atoms with Crippen LogP contribution in [0, 0.1) is 17.3 Å². The molecule has 4 rings (SSSR count). The highest BCUT2D eigenvalue weighted by molar-refractivity contribution is 5.85. The first-order valence-corrected chi connectivity index (χ1v) is 24.2. The number of rotatable bonds is 15. The van der Waals surface area contributed by atoms with Crippen molar-refractivity contribution in [2.75, 3.05) is 26.2 Å². The van der Waals surface area contributed by atoms with E-state index in [0.717, 1.165) is 22.3 Å². The Hall–Kier alpha value is -5.58. The molecular weight excluding hydrogens is 887 g/mol. The van der Waals surface area contributed by atoms with E-state index in [0.29, 0.717) is 28.9 Å². The van der Waals surface area contributed by atoms with Crippen LogP contribution in [0.25, 0.3) is 11.1 Å². The van der Waals surface area contributed by atoms with Gasteiger partial charge in [0.2, 0.25) is 0 Å². The van der Waals surface area contributed by atoms with Crippen LogP contribution in [0.3, 0.4) is 0 Å². The number of carbonyl (C=O) groups is 5. The Morgan fingerprint density at radius 1 is 0.471 bits per heavy atom. The topological polar surface area (TPSA) is 151 Å². The number of nitrogens with zero attached hydrogens (tertiary/aromatic N) is 3. The zero-order chi connectivity index (χ0) is 52.8. The first kappa shape index (κ1) is 57.0. The second-order valence-electron chi connectivity index (χ2n) is 24.6. The van der Waals surface area contributed by atoms with Gasteiger partial charge in [-0.2, -0.15) is 0 Å². The van der Waals surface area contributed by atoms with Gasteiger partial charge >= 0.3 is 29.8 Å². The molecular formula is C57H79N3O10. The van der Waals surface area contributed by atoms with Gasteiger partial charge in [-0.05, 0) is 162 Å². The van der Waals surface area contributed by atoms with Gasteiger partial charge in [0, 0.05) is 29.6 Å². The van der Waals surface area contributed by atoms with Crippen LogP contribution < -0.4 is 0 Å². The molecule has 1 aliphatic carbocycles. The van der Waals surface area contributed by atoms with Crippen molar-refractivity contribution in [2.24, 2.45) is 5.41 Å². The first-order valence-electron chi connectivity index (χ1n) is 24.2. The molecule has 1 heterocycles. The minimum absolute atomic E-state index is 0.0101. The third-order valence-electron chi connectivity index (χ3n) is 10.1. The second-order valence-corrected chi connectivity index (χ2v) is 24.6. The molecule has 1 aromatic heterocycles. The van der Waals surface area contributed by atoms with Crippen LogP contribution in [0.4, 0.5) is 0 Å². The molecule has 0 amide bonds. The van der Waals surface area contributed by atoms with E-state index in [1.807, 2.05) is 39.0 Å². The second kappa shape index (κ2) is 21.8. The van der Waals surface area contributed by atoms with Gasteiger partial charge in [0.25, 0.3) is 0 Å². The Balaban J connectivity index is 1.89. The molecule has 382 valence electrons. The zero-order valence-electron chi connectivity index (χ0n) is 45.3. The maximum atomic E-state index is 13.9. The molecule has 1 unspecified atom stereocenters. The standard InChI is InChI=1S/C57H79N3O10/c1-51(2,3)37-57(30-46(61)66-52(4,5)6)44-22-20-19-21-42(44)43-26-25-38(29-45(43)57)23-24-39-27-40(31-59(33-47(62)67-53(7,8)9)34-48(63)68-54(10,11)12)58-41(28-39)32-60(35-49(64)69-55(13,14)15)36-50(65)70-56(16,17)18/h19-22,25-29H,30-37H2,1-18H3. The summed E-state index contributed by atoms with van der Waals surface area (Å²) in [6.45, 7) is 32.4. The number of hydrogen-bond donors (Lipinski definition) is 0. The lowest BCUT2D eigenvalue weighted by Gasteiger charge is -2.38. The van der Waals surface area contributed by atoms with E-state index in [4.69, 9.17) is 28.7 Å². The number of carbonyl (C=O) groups excluding carboxylic acids is 5. The van der Waals surface area contributed by atoms with Gasteiger partial charge in [-0.25, -0.2) is 0 Å². The van der Waals surface area contributed by atoms with Crippen molar-refractivity contribution in [3.05, 3.63) is 88.2 Å². The Kier molecular flexibility index (Phi) is 17.8. The van der Waals surface area contributed by atoms with Crippen molar-refractivity contribution in [1.82, 2.24) is 14.8 Å². The predicted molar refractivity (Wildman–Crippen MR) is 271 cm³/mol. The summed E-state index contributed by atoms with van der Waals surface area (Å²) < 4.78 is 28.6. The number of esters is 5. The van der Waals surface area contributed by atoms with Crippen LogP contribution >= 0.6 is 0 Å². The summed E-state index contributed by atoms with van der Waals surface area (Å²) in [4.78, 5) is 75.2. The fourth-order valence-corrected chi connectivity index (χ4v) is 8.55. The molecule has 2 aromatic carbocycles. The number of pyridine rings is 1. The summed E-state index contributed by atoms with van der Waals surface area (Å²) in [5.41, 5.74) is 1.70. The number of ether oxygens (including phenoxy) is 5. The molecule has 0 fully saturated rings. The Bertz CT molecular complexity index is 2310. The van der Waals surface area contributed by atoms with Crippen LogP contribution in [0.1, 0.15) is 171 Å². The van der Waals surface area contributed by atoms with Crippen molar-refractivity contribution in [2.45, 2.75) is 184 Å². The van der Waals surface area contributed by atoms with Crippen molar-refractivity contribution < 1.29 is 47.7 Å². The van der Waals surface area contributed by atoms with Crippen LogP contribution in [0.2, 0.25) is 0 Å². The summed E-state index contributed by atoms with van der Waals surface area (Å²) >= 11 is 0. The minimum atomic E-state index is -0.774. The van der Waals surface area contributed by atoms with Gasteiger partial charge in [0.1, 0.15) is 28.0 Å². The van der Waals surface area contributed by atoms with E-state index in [2.05, 4.69) is 56.9 Å². The summed E-state index contributed by atoms with van der Waals surface area (Å²) in [5.74, 6) is 4.29. The van der Waals surface area contributed by atoms with Crippen LogP contribution in [-0.4, -0.2) is 98.8 Å². The molecule has 0 N–H and O–H groups in total. The molecule has 0 saturated heterocycles.